The second-order valence-electron chi connectivity index (χ2n) is 6.23. The molecule has 1 aromatic rings. The number of carbonyl (C=O) groups excluding carboxylic acids is 3. The van der Waals surface area contributed by atoms with E-state index in [2.05, 4.69) is 10.6 Å². The van der Waals surface area contributed by atoms with Crippen LogP contribution in [0.2, 0.25) is 0 Å². The molecule has 0 atom stereocenters. The molecule has 2 rings (SSSR count). The molecule has 1 fully saturated rings. The number of esters is 2. The predicted octanol–water partition coefficient (Wildman–Crippen LogP) is 2.87. The quantitative estimate of drug-likeness (QED) is 0.484. The number of carbonyl (C=O) groups is 3. The molecule has 0 aliphatic carbocycles. The van der Waals surface area contributed by atoms with Gasteiger partial charge in [-0.05, 0) is 31.0 Å². The van der Waals surface area contributed by atoms with E-state index in [0.717, 1.165) is 12.0 Å². The zero-order chi connectivity index (χ0) is 18.6. The molecule has 1 heterocycles. The number of anilines is 2. The SMILES string of the molecule is CCCC(=O)Nc1ccc(C)cc1NC=C1C(=O)OC(C)(C)OC1=O. The molecule has 25 heavy (non-hydrogen) atoms. The van der Waals surface area contributed by atoms with Crippen molar-refractivity contribution in [3.63, 3.8) is 0 Å². The summed E-state index contributed by atoms with van der Waals surface area (Å²) in [5.41, 5.74) is 1.82. The van der Waals surface area contributed by atoms with Crippen LogP contribution in [0.15, 0.2) is 30.0 Å². The largest absolute Gasteiger partial charge is 0.419 e. The number of nitrogens with one attached hydrogen (secondary N) is 2. The molecule has 1 saturated heterocycles. The number of amides is 1. The van der Waals surface area contributed by atoms with Gasteiger partial charge in [-0.1, -0.05) is 13.0 Å². The van der Waals surface area contributed by atoms with E-state index in [1.807, 2.05) is 19.9 Å². The minimum absolute atomic E-state index is 0.111. The molecule has 0 saturated carbocycles. The Morgan fingerprint density at radius 3 is 2.40 bits per heavy atom. The maximum Gasteiger partial charge on any atom is 0.350 e. The average molecular weight is 346 g/mol. The van der Waals surface area contributed by atoms with Gasteiger partial charge in [0.2, 0.25) is 5.91 Å². The monoisotopic (exact) mass is 346 g/mol. The number of hydrogen-bond acceptors (Lipinski definition) is 6. The van der Waals surface area contributed by atoms with Gasteiger partial charge in [0.15, 0.2) is 5.57 Å². The first-order valence-corrected chi connectivity index (χ1v) is 8.05. The van der Waals surface area contributed by atoms with Crippen molar-refractivity contribution in [1.29, 1.82) is 0 Å². The summed E-state index contributed by atoms with van der Waals surface area (Å²) in [6.07, 6.45) is 2.37. The summed E-state index contributed by atoms with van der Waals surface area (Å²) in [6.45, 7) is 6.77. The zero-order valence-electron chi connectivity index (χ0n) is 14.8. The lowest BCUT2D eigenvalue weighted by molar-refractivity contribution is -0.222. The van der Waals surface area contributed by atoms with Gasteiger partial charge in [-0.3, -0.25) is 4.79 Å². The van der Waals surface area contributed by atoms with Gasteiger partial charge >= 0.3 is 11.9 Å². The van der Waals surface area contributed by atoms with Crippen LogP contribution < -0.4 is 10.6 Å². The second kappa shape index (κ2) is 7.38. The summed E-state index contributed by atoms with van der Waals surface area (Å²) < 4.78 is 10.1. The van der Waals surface area contributed by atoms with Crippen molar-refractivity contribution < 1.29 is 23.9 Å². The molecule has 1 aliphatic heterocycles. The highest BCUT2D eigenvalue weighted by molar-refractivity contribution is 6.15. The minimum Gasteiger partial charge on any atom is -0.419 e. The number of rotatable bonds is 5. The first-order valence-electron chi connectivity index (χ1n) is 8.05. The van der Waals surface area contributed by atoms with Crippen molar-refractivity contribution in [2.45, 2.75) is 46.3 Å². The molecule has 2 N–H and O–H groups in total. The third-order valence-electron chi connectivity index (χ3n) is 3.42. The Morgan fingerprint density at radius 1 is 1.16 bits per heavy atom. The van der Waals surface area contributed by atoms with Gasteiger partial charge in [-0.2, -0.15) is 0 Å². The number of aryl methyl sites for hydroxylation is 1. The molecule has 7 heteroatoms. The van der Waals surface area contributed by atoms with Gasteiger partial charge in [-0.25, -0.2) is 9.59 Å². The smallest absolute Gasteiger partial charge is 0.350 e. The molecule has 0 spiro atoms. The first kappa shape index (κ1) is 18.5. The van der Waals surface area contributed by atoms with E-state index in [0.29, 0.717) is 17.8 Å². The Hall–Kier alpha value is -2.83. The lowest BCUT2D eigenvalue weighted by atomic mass is 10.1. The van der Waals surface area contributed by atoms with Gasteiger partial charge in [0.05, 0.1) is 11.4 Å². The summed E-state index contributed by atoms with van der Waals surface area (Å²) in [5.74, 6) is -2.93. The maximum absolute atomic E-state index is 12.0. The van der Waals surface area contributed by atoms with Crippen LogP contribution in [0.1, 0.15) is 39.2 Å². The first-order chi connectivity index (χ1) is 11.7. The van der Waals surface area contributed by atoms with Crippen LogP contribution in [0.4, 0.5) is 11.4 Å². The third-order valence-corrected chi connectivity index (χ3v) is 3.42. The molecule has 0 unspecified atom stereocenters. The van der Waals surface area contributed by atoms with Crippen LogP contribution in [-0.4, -0.2) is 23.6 Å². The standard InChI is InChI=1S/C18H22N2O5/c1-5-6-15(21)20-13-8-7-11(2)9-14(13)19-10-12-16(22)24-18(3,4)25-17(12)23/h7-10,19H,5-6H2,1-4H3,(H,20,21). The van der Waals surface area contributed by atoms with Crippen molar-refractivity contribution in [3.05, 3.63) is 35.5 Å². The van der Waals surface area contributed by atoms with Gasteiger partial charge in [0.1, 0.15) is 0 Å². The van der Waals surface area contributed by atoms with Crippen molar-refractivity contribution in [3.8, 4) is 0 Å². The average Bonchev–Trinajstić information content (AvgIpc) is 2.48. The normalized spacial score (nSPS) is 15.9. The Labute approximate surface area is 146 Å². The lowest BCUT2D eigenvalue weighted by Crippen LogP contribution is -2.42. The molecule has 1 amide bonds. The zero-order valence-corrected chi connectivity index (χ0v) is 14.8. The van der Waals surface area contributed by atoms with E-state index >= 15 is 0 Å². The van der Waals surface area contributed by atoms with Gasteiger partial charge in [0.25, 0.3) is 5.79 Å². The Balaban J connectivity index is 2.22. The van der Waals surface area contributed by atoms with Crippen molar-refractivity contribution in [2.75, 3.05) is 10.6 Å². The van der Waals surface area contributed by atoms with Crippen LogP contribution in [0.5, 0.6) is 0 Å². The van der Waals surface area contributed by atoms with E-state index in [9.17, 15) is 14.4 Å². The molecular weight excluding hydrogens is 324 g/mol. The third kappa shape index (κ3) is 4.82. The summed E-state index contributed by atoms with van der Waals surface area (Å²) in [6, 6.07) is 5.40. The fourth-order valence-corrected chi connectivity index (χ4v) is 2.25. The molecule has 1 aliphatic rings. The fraction of sp³-hybridized carbons (Fsp3) is 0.389. The van der Waals surface area contributed by atoms with Crippen molar-refractivity contribution in [1.82, 2.24) is 0 Å². The Morgan fingerprint density at radius 2 is 1.80 bits per heavy atom. The predicted molar refractivity (Wildman–Crippen MR) is 92.7 cm³/mol. The summed E-state index contributed by atoms with van der Waals surface area (Å²) in [4.78, 5) is 35.7. The Kier molecular flexibility index (Phi) is 5.46. The summed E-state index contributed by atoms with van der Waals surface area (Å²) in [5, 5.41) is 5.68. The highest BCUT2D eigenvalue weighted by atomic mass is 16.7. The summed E-state index contributed by atoms with van der Waals surface area (Å²) in [7, 11) is 0. The highest BCUT2D eigenvalue weighted by Crippen LogP contribution is 2.26. The molecule has 134 valence electrons. The van der Waals surface area contributed by atoms with E-state index in [1.165, 1.54) is 20.0 Å². The molecular formula is C18H22N2O5. The van der Waals surface area contributed by atoms with Gasteiger partial charge in [-0.15, -0.1) is 0 Å². The topological polar surface area (TPSA) is 93.7 Å². The molecule has 7 nitrogen and oxygen atoms in total. The second-order valence-corrected chi connectivity index (χ2v) is 6.23. The fourth-order valence-electron chi connectivity index (χ4n) is 2.25. The molecule has 0 aromatic heterocycles. The number of ether oxygens (including phenoxy) is 2. The van der Waals surface area contributed by atoms with Crippen LogP contribution >= 0.6 is 0 Å². The molecule has 1 aromatic carbocycles. The highest BCUT2D eigenvalue weighted by Gasteiger charge is 2.38. The van der Waals surface area contributed by atoms with Crippen LogP contribution in [0, 0.1) is 6.92 Å². The molecule has 0 bridgehead atoms. The van der Waals surface area contributed by atoms with E-state index in [4.69, 9.17) is 9.47 Å². The van der Waals surface area contributed by atoms with Crippen LogP contribution in [-0.2, 0) is 23.9 Å². The van der Waals surface area contributed by atoms with E-state index in [1.54, 1.807) is 12.1 Å². The van der Waals surface area contributed by atoms with E-state index in [-0.39, 0.29) is 11.5 Å². The number of hydrogen-bond donors (Lipinski definition) is 2. The lowest BCUT2D eigenvalue weighted by Gasteiger charge is -2.29. The van der Waals surface area contributed by atoms with Crippen molar-refractivity contribution in [2.24, 2.45) is 0 Å². The summed E-state index contributed by atoms with van der Waals surface area (Å²) >= 11 is 0. The number of cyclic esters (lactones) is 2. The van der Waals surface area contributed by atoms with Crippen molar-refractivity contribution >= 4 is 29.2 Å². The van der Waals surface area contributed by atoms with Gasteiger partial charge in [0, 0.05) is 26.5 Å². The number of benzene rings is 1. The maximum atomic E-state index is 12.0. The van der Waals surface area contributed by atoms with Crippen LogP contribution in [0.3, 0.4) is 0 Å². The molecule has 0 radical (unpaired) electrons. The van der Waals surface area contributed by atoms with Gasteiger partial charge < -0.3 is 20.1 Å². The Bertz CT molecular complexity index is 715. The van der Waals surface area contributed by atoms with E-state index < -0.39 is 17.7 Å². The van der Waals surface area contributed by atoms with Crippen LogP contribution in [0.25, 0.3) is 0 Å². The minimum atomic E-state index is -1.28.